The van der Waals surface area contributed by atoms with E-state index in [1.165, 1.54) is 16.6 Å². The van der Waals surface area contributed by atoms with Crippen molar-refractivity contribution < 1.29 is 27.5 Å². The van der Waals surface area contributed by atoms with Crippen molar-refractivity contribution >= 4 is 27.6 Å². The standard InChI is InChI=1S/C19H26N2O6S/c1-13-10-20(11-14(2)27-13)18(22)12-26-19(23)16-6-7-17-15(9-16)5-4-8-21(17)28(3,24)25/h6-7,9,13-14H,4-5,8,10-12H2,1-3H3/t13-,14+. The van der Waals surface area contributed by atoms with E-state index in [0.29, 0.717) is 43.7 Å². The number of anilines is 1. The zero-order valence-electron chi connectivity index (χ0n) is 16.4. The van der Waals surface area contributed by atoms with Gasteiger partial charge in [0.1, 0.15) is 0 Å². The van der Waals surface area contributed by atoms with Gasteiger partial charge in [0, 0.05) is 19.6 Å². The van der Waals surface area contributed by atoms with E-state index in [1.807, 2.05) is 13.8 Å². The van der Waals surface area contributed by atoms with Crippen molar-refractivity contribution in [3.63, 3.8) is 0 Å². The second-order valence-electron chi connectivity index (χ2n) is 7.41. The molecule has 1 fully saturated rings. The van der Waals surface area contributed by atoms with Crippen molar-refractivity contribution in [1.82, 2.24) is 4.90 Å². The third-order valence-corrected chi connectivity index (χ3v) is 6.07. The minimum atomic E-state index is -3.36. The molecule has 0 radical (unpaired) electrons. The molecule has 0 aromatic heterocycles. The Hall–Kier alpha value is -2.13. The van der Waals surface area contributed by atoms with Gasteiger partial charge in [-0.2, -0.15) is 0 Å². The Bertz CT molecular complexity index is 859. The Kier molecular flexibility index (Phi) is 5.95. The molecule has 2 heterocycles. The summed E-state index contributed by atoms with van der Waals surface area (Å²) in [6.07, 6.45) is 2.43. The first kappa shape index (κ1) is 20.6. The number of hydrogen-bond donors (Lipinski definition) is 0. The number of fused-ring (bicyclic) bond motifs is 1. The lowest BCUT2D eigenvalue weighted by molar-refractivity contribution is -0.146. The largest absolute Gasteiger partial charge is 0.452 e. The van der Waals surface area contributed by atoms with Gasteiger partial charge >= 0.3 is 5.97 Å². The van der Waals surface area contributed by atoms with Gasteiger partial charge in [0.25, 0.3) is 5.91 Å². The van der Waals surface area contributed by atoms with Crippen LogP contribution in [-0.4, -0.2) is 69.9 Å². The van der Waals surface area contributed by atoms with Crippen LogP contribution in [0.4, 0.5) is 5.69 Å². The lowest BCUT2D eigenvalue weighted by Gasteiger charge is -2.35. The molecule has 0 aliphatic carbocycles. The summed E-state index contributed by atoms with van der Waals surface area (Å²) < 4.78 is 36.0. The van der Waals surface area contributed by atoms with E-state index < -0.39 is 16.0 Å². The average Bonchev–Trinajstić information content (AvgIpc) is 2.63. The van der Waals surface area contributed by atoms with Crippen molar-refractivity contribution in [1.29, 1.82) is 0 Å². The van der Waals surface area contributed by atoms with E-state index in [2.05, 4.69) is 0 Å². The average molecular weight is 410 g/mol. The van der Waals surface area contributed by atoms with Crippen LogP contribution in [0.3, 0.4) is 0 Å². The molecule has 8 nitrogen and oxygen atoms in total. The SMILES string of the molecule is C[C@@H]1CN(C(=O)COC(=O)c2ccc3c(c2)CCCN3S(C)(=O)=O)C[C@H](C)O1. The molecule has 154 valence electrons. The predicted octanol–water partition coefficient (Wildman–Crippen LogP) is 1.19. The molecule has 0 N–H and O–H groups in total. The van der Waals surface area contributed by atoms with E-state index in [4.69, 9.17) is 9.47 Å². The molecule has 28 heavy (non-hydrogen) atoms. The summed E-state index contributed by atoms with van der Waals surface area (Å²) in [6, 6.07) is 4.81. The van der Waals surface area contributed by atoms with Gasteiger partial charge in [-0.05, 0) is 50.5 Å². The Morgan fingerprint density at radius 1 is 1.21 bits per heavy atom. The number of carbonyl (C=O) groups is 2. The van der Waals surface area contributed by atoms with Gasteiger partial charge in [-0.3, -0.25) is 9.10 Å². The maximum atomic E-state index is 12.4. The molecule has 0 bridgehead atoms. The normalized spacial score (nSPS) is 22.5. The molecule has 2 aliphatic heterocycles. The third-order valence-electron chi connectivity index (χ3n) is 4.89. The zero-order valence-corrected chi connectivity index (χ0v) is 17.2. The minimum Gasteiger partial charge on any atom is -0.452 e. The summed E-state index contributed by atoms with van der Waals surface area (Å²) in [6.45, 7) is 4.84. The van der Waals surface area contributed by atoms with Crippen molar-refractivity contribution in [2.45, 2.75) is 38.9 Å². The van der Waals surface area contributed by atoms with Gasteiger partial charge in [0.15, 0.2) is 6.61 Å². The van der Waals surface area contributed by atoms with Crippen LogP contribution in [0.15, 0.2) is 18.2 Å². The van der Waals surface area contributed by atoms with Crippen LogP contribution < -0.4 is 4.31 Å². The minimum absolute atomic E-state index is 0.0539. The Morgan fingerprint density at radius 2 is 1.89 bits per heavy atom. The van der Waals surface area contributed by atoms with Gasteiger partial charge in [-0.25, -0.2) is 13.2 Å². The summed E-state index contributed by atoms with van der Waals surface area (Å²) >= 11 is 0. The summed E-state index contributed by atoms with van der Waals surface area (Å²) in [5.74, 6) is -0.849. The summed E-state index contributed by atoms with van der Waals surface area (Å²) in [5.41, 5.74) is 1.69. The molecule has 1 amide bonds. The van der Waals surface area contributed by atoms with Crippen molar-refractivity contribution in [3.8, 4) is 0 Å². The van der Waals surface area contributed by atoms with Crippen LogP contribution in [0.5, 0.6) is 0 Å². The lowest BCUT2D eigenvalue weighted by atomic mass is 10.0. The molecule has 1 saturated heterocycles. The molecule has 0 unspecified atom stereocenters. The molecular formula is C19H26N2O6S. The van der Waals surface area contributed by atoms with E-state index in [-0.39, 0.29) is 24.7 Å². The predicted molar refractivity (Wildman–Crippen MR) is 104 cm³/mol. The number of esters is 1. The first-order valence-corrected chi connectivity index (χ1v) is 11.2. The van der Waals surface area contributed by atoms with Crippen LogP contribution in [0.25, 0.3) is 0 Å². The van der Waals surface area contributed by atoms with Crippen molar-refractivity contribution in [2.75, 3.05) is 36.8 Å². The molecule has 2 atom stereocenters. The first-order valence-electron chi connectivity index (χ1n) is 9.36. The molecule has 0 spiro atoms. The van der Waals surface area contributed by atoms with E-state index >= 15 is 0 Å². The number of nitrogens with zero attached hydrogens (tertiary/aromatic N) is 2. The molecular weight excluding hydrogens is 384 g/mol. The smallest absolute Gasteiger partial charge is 0.338 e. The van der Waals surface area contributed by atoms with E-state index in [1.54, 1.807) is 17.0 Å². The summed E-state index contributed by atoms with van der Waals surface area (Å²) in [5, 5.41) is 0. The highest BCUT2D eigenvalue weighted by Crippen LogP contribution is 2.30. The summed E-state index contributed by atoms with van der Waals surface area (Å²) in [7, 11) is -3.36. The van der Waals surface area contributed by atoms with Crippen LogP contribution in [0.2, 0.25) is 0 Å². The van der Waals surface area contributed by atoms with Gasteiger partial charge in [0.05, 0.1) is 29.7 Å². The second kappa shape index (κ2) is 8.08. The van der Waals surface area contributed by atoms with Gasteiger partial charge in [-0.1, -0.05) is 0 Å². The fourth-order valence-electron chi connectivity index (χ4n) is 3.72. The Morgan fingerprint density at radius 3 is 2.54 bits per heavy atom. The maximum Gasteiger partial charge on any atom is 0.338 e. The lowest BCUT2D eigenvalue weighted by Crippen LogP contribution is -2.49. The Balaban J connectivity index is 1.64. The number of amides is 1. The fraction of sp³-hybridized carbons (Fsp3) is 0.579. The number of benzene rings is 1. The molecule has 1 aromatic rings. The monoisotopic (exact) mass is 410 g/mol. The van der Waals surface area contributed by atoms with Gasteiger partial charge in [-0.15, -0.1) is 0 Å². The van der Waals surface area contributed by atoms with Gasteiger partial charge < -0.3 is 14.4 Å². The molecule has 0 saturated carbocycles. The number of aryl methyl sites for hydroxylation is 1. The van der Waals surface area contributed by atoms with Crippen molar-refractivity contribution in [2.24, 2.45) is 0 Å². The molecule has 3 rings (SSSR count). The van der Waals surface area contributed by atoms with E-state index in [9.17, 15) is 18.0 Å². The van der Waals surface area contributed by atoms with E-state index in [0.717, 1.165) is 5.56 Å². The van der Waals surface area contributed by atoms with Crippen LogP contribution in [-0.2, 0) is 30.7 Å². The summed E-state index contributed by atoms with van der Waals surface area (Å²) in [4.78, 5) is 26.3. The van der Waals surface area contributed by atoms with Crippen molar-refractivity contribution in [3.05, 3.63) is 29.3 Å². The quantitative estimate of drug-likeness (QED) is 0.693. The second-order valence-corrected chi connectivity index (χ2v) is 9.32. The Labute approximate surface area is 165 Å². The highest BCUT2D eigenvalue weighted by atomic mass is 32.2. The van der Waals surface area contributed by atoms with Gasteiger partial charge in [0.2, 0.25) is 10.0 Å². The topological polar surface area (TPSA) is 93.2 Å². The number of ether oxygens (including phenoxy) is 2. The maximum absolute atomic E-state index is 12.4. The molecule has 9 heteroatoms. The number of carbonyl (C=O) groups excluding carboxylic acids is 2. The number of sulfonamides is 1. The molecule has 2 aliphatic rings. The molecule has 1 aromatic carbocycles. The van der Waals surface area contributed by atoms with Crippen LogP contribution in [0.1, 0.15) is 36.2 Å². The number of hydrogen-bond acceptors (Lipinski definition) is 6. The number of rotatable bonds is 4. The zero-order chi connectivity index (χ0) is 20.5. The fourth-order valence-corrected chi connectivity index (χ4v) is 4.71. The van der Waals surface area contributed by atoms with Crippen LogP contribution in [0, 0.1) is 0 Å². The van der Waals surface area contributed by atoms with Crippen LogP contribution >= 0.6 is 0 Å². The number of morpholine rings is 1. The highest BCUT2D eigenvalue weighted by Gasteiger charge is 2.27. The first-order chi connectivity index (χ1) is 13.1. The highest BCUT2D eigenvalue weighted by molar-refractivity contribution is 7.92. The third kappa shape index (κ3) is 4.64.